The van der Waals surface area contributed by atoms with E-state index in [-0.39, 0.29) is 0 Å². The van der Waals surface area contributed by atoms with Crippen LogP contribution in [0.2, 0.25) is 5.02 Å². The van der Waals surface area contributed by atoms with Crippen molar-refractivity contribution in [1.29, 1.82) is 0 Å². The molecule has 6 heteroatoms. The molecule has 0 atom stereocenters. The lowest BCUT2D eigenvalue weighted by Gasteiger charge is -2.11. The molecule has 1 aromatic heterocycles. The van der Waals surface area contributed by atoms with Gasteiger partial charge in [-0.3, -0.25) is 0 Å². The number of pyridine rings is 1. The molecule has 3 nitrogen and oxygen atoms in total. The number of benzene rings is 1. The van der Waals surface area contributed by atoms with Crippen LogP contribution in [0.4, 0.5) is 4.39 Å². The van der Waals surface area contributed by atoms with E-state index in [0.29, 0.717) is 33.2 Å². The highest BCUT2D eigenvalue weighted by atomic mass is 79.9. The predicted octanol–water partition coefficient (Wildman–Crippen LogP) is 4.15. The monoisotopic (exact) mass is 344 g/mol. The van der Waals surface area contributed by atoms with E-state index < -0.39 is 5.82 Å². The van der Waals surface area contributed by atoms with E-state index in [1.165, 1.54) is 6.07 Å². The maximum absolute atomic E-state index is 13.2. The summed E-state index contributed by atoms with van der Waals surface area (Å²) in [5.74, 6) is 0.535. The molecule has 19 heavy (non-hydrogen) atoms. The van der Waals surface area contributed by atoms with Crippen molar-refractivity contribution in [3.63, 3.8) is 0 Å². The van der Waals surface area contributed by atoms with Crippen LogP contribution in [-0.2, 0) is 6.54 Å². The number of nitrogens with zero attached hydrogens (tertiary/aromatic N) is 1. The largest absolute Gasteiger partial charge is 0.438 e. The summed E-state index contributed by atoms with van der Waals surface area (Å²) in [4.78, 5) is 3.96. The zero-order chi connectivity index (χ0) is 13.8. The number of rotatable bonds is 4. The molecule has 0 radical (unpaired) electrons. The van der Waals surface area contributed by atoms with Crippen LogP contribution in [0, 0.1) is 5.82 Å². The number of hydrogen-bond acceptors (Lipinski definition) is 3. The molecule has 0 aliphatic rings. The van der Waals surface area contributed by atoms with E-state index in [1.54, 1.807) is 25.2 Å². The molecular weight excluding hydrogens is 335 g/mol. The lowest BCUT2D eigenvalue weighted by atomic mass is 10.2. The maximum atomic E-state index is 13.2. The van der Waals surface area contributed by atoms with Crippen molar-refractivity contribution in [2.45, 2.75) is 6.54 Å². The quantitative estimate of drug-likeness (QED) is 0.904. The molecule has 0 saturated carbocycles. The molecule has 1 heterocycles. The number of ether oxygens (including phenoxy) is 1. The summed E-state index contributed by atoms with van der Waals surface area (Å²) in [6.07, 6.45) is 1.12. The first-order valence-corrected chi connectivity index (χ1v) is 6.69. The molecule has 0 fully saturated rings. The molecule has 2 aromatic rings. The molecule has 1 aromatic carbocycles. The summed E-state index contributed by atoms with van der Waals surface area (Å²) in [5, 5.41) is 3.54. The van der Waals surface area contributed by atoms with Crippen molar-refractivity contribution in [1.82, 2.24) is 10.3 Å². The summed E-state index contributed by atoms with van der Waals surface area (Å²) >= 11 is 9.22. The Hall–Kier alpha value is -1.17. The van der Waals surface area contributed by atoms with Gasteiger partial charge in [-0.25, -0.2) is 9.37 Å². The Balaban J connectivity index is 2.32. The smallest absolute Gasteiger partial charge is 0.223 e. The lowest BCUT2D eigenvalue weighted by Crippen LogP contribution is -2.07. The standard InChI is InChI=1S/C13H11BrClFN2O/c1-17-6-8-4-10(16)7-18-13(8)19-12-3-2-9(15)5-11(12)14/h2-5,7,17H,6H2,1H3. The van der Waals surface area contributed by atoms with Gasteiger partial charge in [-0.2, -0.15) is 0 Å². The number of halogens is 3. The van der Waals surface area contributed by atoms with E-state index in [2.05, 4.69) is 26.2 Å². The number of aromatic nitrogens is 1. The summed E-state index contributed by atoms with van der Waals surface area (Å²) in [7, 11) is 1.77. The molecule has 0 aliphatic carbocycles. The lowest BCUT2D eigenvalue weighted by molar-refractivity contribution is 0.447. The van der Waals surface area contributed by atoms with E-state index in [9.17, 15) is 4.39 Å². The molecular formula is C13H11BrClFN2O. The maximum Gasteiger partial charge on any atom is 0.223 e. The second kappa shape index (κ2) is 6.32. The molecule has 1 N–H and O–H groups in total. The Bertz CT molecular complexity index is 595. The molecule has 2 rings (SSSR count). The SMILES string of the molecule is CNCc1cc(F)cnc1Oc1ccc(Cl)cc1Br. The Labute approximate surface area is 123 Å². The van der Waals surface area contributed by atoms with Crippen LogP contribution in [0.3, 0.4) is 0 Å². The zero-order valence-electron chi connectivity index (χ0n) is 10.1. The molecule has 0 spiro atoms. The Morgan fingerprint density at radius 3 is 2.89 bits per heavy atom. The number of nitrogens with one attached hydrogen (secondary N) is 1. The van der Waals surface area contributed by atoms with Crippen LogP contribution >= 0.6 is 27.5 Å². The van der Waals surface area contributed by atoms with Gasteiger partial charge in [-0.1, -0.05) is 11.6 Å². The van der Waals surface area contributed by atoms with Crippen LogP contribution in [0.5, 0.6) is 11.6 Å². The summed E-state index contributed by atoms with van der Waals surface area (Å²) in [5.41, 5.74) is 0.643. The molecule has 0 unspecified atom stereocenters. The molecule has 0 aliphatic heterocycles. The summed E-state index contributed by atoms with van der Waals surface area (Å²) in [6.45, 7) is 0.464. The topological polar surface area (TPSA) is 34.2 Å². The third-order valence-corrected chi connectivity index (χ3v) is 3.21. The van der Waals surface area contributed by atoms with Crippen molar-refractivity contribution >= 4 is 27.5 Å². The first kappa shape index (κ1) is 14.2. The van der Waals surface area contributed by atoms with E-state index in [1.807, 2.05) is 0 Å². The van der Waals surface area contributed by atoms with Gasteiger partial charge < -0.3 is 10.1 Å². The second-order valence-corrected chi connectivity index (χ2v) is 5.12. The van der Waals surface area contributed by atoms with Gasteiger partial charge in [0.05, 0.1) is 10.7 Å². The first-order valence-electron chi connectivity index (χ1n) is 5.52. The van der Waals surface area contributed by atoms with Gasteiger partial charge in [-0.15, -0.1) is 0 Å². The zero-order valence-corrected chi connectivity index (χ0v) is 12.4. The fourth-order valence-corrected chi connectivity index (χ4v) is 2.30. The average Bonchev–Trinajstić information content (AvgIpc) is 2.36. The Morgan fingerprint density at radius 1 is 1.42 bits per heavy atom. The van der Waals surface area contributed by atoms with E-state index >= 15 is 0 Å². The highest BCUT2D eigenvalue weighted by Crippen LogP contribution is 2.32. The van der Waals surface area contributed by atoms with Crippen LogP contribution in [0.25, 0.3) is 0 Å². The average molecular weight is 346 g/mol. The van der Waals surface area contributed by atoms with Crippen molar-refractivity contribution in [3.8, 4) is 11.6 Å². The van der Waals surface area contributed by atoms with Crippen molar-refractivity contribution in [2.24, 2.45) is 0 Å². The fraction of sp³-hybridized carbons (Fsp3) is 0.154. The van der Waals surface area contributed by atoms with E-state index in [4.69, 9.17) is 16.3 Å². The van der Waals surface area contributed by atoms with Crippen LogP contribution < -0.4 is 10.1 Å². The third-order valence-electron chi connectivity index (χ3n) is 2.36. The minimum Gasteiger partial charge on any atom is -0.438 e. The first-order chi connectivity index (χ1) is 9.10. The van der Waals surface area contributed by atoms with Gasteiger partial charge >= 0.3 is 0 Å². The molecule has 0 amide bonds. The predicted molar refractivity (Wildman–Crippen MR) is 76.2 cm³/mol. The van der Waals surface area contributed by atoms with Crippen LogP contribution in [-0.4, -0.2) is 12.0 Å². The van der Waals surface area contributed by atoms with Crippen molar-refractivity contribution in [3.05, 3.63) is 51.3 Å². The fourth-order valence-electron chi connectivity index (χ4n) is 1.54. The van der Waals surface area contributed by atoms with Gasteiger partial charge in [0.2, 0.25) is 5.88 Å². The summed E-state index contributed by atoms with van der Waals surface area (Å²) in [6, 6.07) is 6.55. The van der Waals surface area contributed by atoms with Gasteiger partial charge in [0.1, 0.15) is 11.6 Å². The van der Waals surface area contributed by atoms with Crippen molar-refractivity contribution in [2.75, 3.05) is 7.05 Å². The van der Waals surface area contributed by atoms with Gasteiger partial charge in [-0.05, 0) is 47.2 Å². The van der Waals surface area contributed by atoms with Crippen LogP contribution in [0.1, 0.15) is 5.56 Å². The third kappa shape index (κ3) is 3.65. The van der Waals surface area contributed by atoms with Gasteiger partial charge in [0.15, 0.2) is 0 Å². The normalized spacial score (nSPS) is 10.5. The Kier molecular flexibility index (Phi) is 4.74. The van der Waals surface area contributed by atoms with Gasteiger partial charge in [0.25, 0.3) is 0 Å². The minimum atomic E-state index is -0.396. The highest BCUT2D eigenvalue weighted by Gasteiger charge is 2.10. The van der Waals surface area contributed by atoms with E-state index in [0.717, 1.165) is 6.20 Å². The Morgan fingerprint density at radius 2 is 2.21 bits per heavy atom. The second-order valence-electron chi connectivity index (χ2n) is 3.82. The molecule has 0 bridgehead atoms. The highest BCUT2D eigenvalue weighted by molar-refractivity contribution is 9.10. The van der Waals surface area contributed by atoms with Crippen molar-refractivity contribution < 1.29 is 9.13 Å². The van der Waals surface area contributed by atoms with Crippen LogP contribution in [0.15, 0.2) is 34.9 Å². The summed E-state index contributed by atoms with van der Waals surface area (Å²) < 4.78 is 19.6. The molecule has 0 saturated heterocycles. The van der Waals surface area contributed by atoms with Gasteiger partial charge in [0, 0.05) is 17.1 Å². The molecule has 100 valence electrons. The minimum absolute atomic E-state index is 0.360. The number of hydrogen-bond donors (Lipinski definition) is 1.